The van der Waals surface area contributed by atoms with E-state index < -0.39 is 6.10 Å². The first-order chi connectivity index (χ1) is 11.2. The van der Waals surface area contributed by atoms with E-state index in [1.165, 1.54) is 0 Å². The normalized spacial score (nSPS) is 17.0. The number of amides is 1. The summed E-state index contributed by atoms with van der Waals surface area (Å²) in [5, 5.41) is 10.5. The van der Waals surface area contributed by atoms with Crippen molar-refractivity contribution >= 4 is 18.1 Å². The number of benzene rings is 1. The molecule has 0 bridgehead atoms. The molecule has 1 fully saturated rings. The number of likely N-dealkylation sites (tertiary alicyclic amines) is 1. The fraction of sp³-hybridized carbons (Fsp3) is 0.333. The fourth-order valence-electron chi connectivity index (χ4n) is 3.10. The molecule has 1 saturated heterocycles. The standard InChI is InChI=1S/C18H20N2O2S/c21-16(13-5-2-1-3-6-13)14-8-11-20(12-9-14)18(22)15-7-4-10-19-17(15)23/h1-7,10,14,16,21H,8-9,11-12H2,(H,19,23)/t16-/m0/s1. The van der Waals surface area contributed by atoms with Gasteiger partial charge in [-0.1, -0.05) is 42.5 Å². The summed E-state index contributed by atoms with van der Waals surface area (Å²) >= 11 is 5.18. The number of H-pyrrole nitrogens is 1. The van der Waals surface area contributed by atoms with Gasteiger partial charge in [0.05, 0.1) is 11.7 Å². The van der Waals surface area contributed by atoms with Gasteiger partial charge in [0.1, 0.15) is 4.64 Å². The second-order valence-corrected chi connectivity index (χ2v) is 6.31. The van der Waals surface area contributed by atoms with Crippen LogP contribution in [0.4, 0.5) is 0 Å². The summed E-state index contributed by atoms with van der Waals surface area (Å²) in [5.41, 5.74) is 1.49. The van der Waals surface area contributed by atoms with Gasteiger partial charge in [0.2, 0.25) is 0 Å². The number of aliphatic hydroxyl groups is 1. The van der Waals surface area contributed by atoms with Crippen LogP contribution >= 0.6 is 12.2 Å². The number of nitrogens with one attached hydrogen (secondary N) is 1. The SMILES string of the molecule is O=C(c1ccc[nH]c1=S)N1CCC([C@@H](O)c2ccccc2)CC1. The number of aromatic nitrogens is 1. The Morgan fingerprint density at radius 2 is 1.87 bits per heavy atom. The molecule has 3 rings (SSSR count). The van der Waals surface area contributed by atoms with Crippen LogP contribution in [0.25, 0.3) is 0 Å². The maximum atomic E-state index is 12.5. The summed E-state index contributed by atoms with van der Waals surface area (Å²) in [6, 6.07) is 13.3. The van der Waals surface area contributed by atoms with Crippen molar-refractivity contribution in [3.8, 4) is 0 Å². The topological polar surface area (TPSA) is 56.3 Å². The van der Waals surface area contributed by atoms with Crippen molar-refractivity contribution < 1.29 is 9.90 Å². The Bertz CT molecular complexity index is 721. The number of hydrogen-bond acceptors (Lipinski definition) is 3. The third-order valence-electron chi connectivity index (χ3n) is 4.46. The maximum absolute atomic E-state index is 12.5. The van der Waals surface area contributed by atoms with E-state index in [4.69, 9.17) is 12.2 Å². The second kappa shape index (κ2) is 7.06. The zero-order valence-electron chi connectivity index (χ0n) is 12.8. The van der Waals surface area contributed by atoms with Crippen LogP contribution in [-0.4, -0.2) is 34.0 Å². The molecule has 1 atom stereocenters. The molecule has 120 valence electrons. The molecule has 2 N–H and O–H groups in total. The smallest absolute Gasteiger partial charge is 0.256 e. The lowest BCUT2D eigenvalue weighted by Crippen LogP contribution is -2.40. The molecule has 1 aromatic heterocycles. The van der Waals surface area contributed by atoms with Crippen LogP contribution in [0.5, 0.6) is 0 Å². The third kappa shape index (κ3) is 3.51. The molecule has 1 aliphatic rings. The lowest BCUT2D eigenvalue weighted by molar-refractivity contribution is 0.0461. The number of rotatable bonds is 3. The Labute approximate surface area is 140 Å². The van der Waals surface area contributed by atoms with Crippen LogP contribution in [0.1, 0.15) is 34.9 Å². The molecule has 1 aromatic carbocycles. The van der Waals surface area contributed by atoms with Crippen LogP contribution in [0.2, 0.25) is 0 Å². The van der Waals surface area contributed by atoms with Gasteiger partial charge in [0.15, 0.2) is 0 Å². The second-order valence-electron chi connectivity index (χ2n) is 5.90. The first-order valence-electron chi connectivity index (χ1n) is 7.87. The molecular formula is C18H20N2O2S. The fourth-order valence-corrected chi connectivity index (χ4v) is 3.32. The largest absolute Gasteiger partial charge is 0.388 e. The van der Waals surface area contributed by atoms with Crippen molar-refractivity contribution in [1.82, 2.24) is 9.88 Å². The average molecular weight is 328 g/mol. The van der Waals surface area contributed by atoms with Gasteiger partial charge in [-0.2, -0.15) is 0 Å². The number of pyridine rings is 1. The number of aromatic amines is 1. The van der Waals surface area contributed by atoms with Gasteiger partial charge >= 0.3 is 0 Å². The van der Waals surface area contributed by atoms with Crippen LogP contribution in [0.3, 0.4) is 0 Å². The minimum Gasteiger partial charge on any atom is -0.388 e. The summed E-state index contributed by atoms with van der Waals surface area (Å²) in [4.78, 5) is 17.3. The maximum Gasteiger partial charge on any atom is 0.256 e. The molecular weight excluding hydrogens is 308 g/mol. The summed E-state index contributed by atoms with van der Waals surface area (Å²) < 4.78 is 0.476. The monoisotopic (exact) mass is 328 g/mol. The average Bonchev–Trinajstić information content (AvgIpc) is 2.62. The molecule has 2 aromatic rings. The van der Waals surface area contributed by atoms with Gasteiger partial charge in [-0.15, -0.1) is 0 Å². The van der Waals surface area contributed by atoms with Gasteiger partial charge in [0.25, 0.3) is 5.91 Å². The van der Waals surface area contributed by atoms with E-state index in [-0.39, 0.29) is 11.8 Å². The molecule has 23 heavy (non-hydrogen) atoms. The third-order valence-corrected chi connectivity index (χ3v) is 4.80. The molecule has 5 heteroatoms. The number of aliphatic hydroxyl groups excluding tert-OH is 1. The molecule has 4 nitrogen and oxygen atoms in total. The molecule has 2 heterocycles. The first-order valence-corrected chi connectivity index (χ1v) is 8.27. The predicted molar refractivity (Wildman–Crippen MR) is 91.7 cm³/mol. The van der Waals surface area contributed by atoms with Crippen LogP contribution in [-0.2, 0) is 0 Å². The van der Waals surface area contributed by atoms with E-state index in [0.717, 1.165) is 18.4 Å². The minimum atomic E-state index is -0.465. The van der Waals surface area contributed by atoms with Gasteiger partial charge in [-0.3, -0.25) is 4.79 Å². The van der Waals surface area contributed by atoms with Gasteiger partial charge in [-0.05, 0) is 36.5 Å². The van der Waals surface area contributed by atoms with Gasteiger partial charge < -0.3 is 15.0 Å². The number of nitrogens with zero attached hydrogens (tertiary/aromatic N) is 1. The zero-order valence-corrected chi connectivity index (χ0v) is 13.6. The lowest BCUT2D eigenvalue weighted by Gasteiger charge is -2.34. The molecule has 0 spiro atoms. The molecule has 0 aliphatic carbocycles. The number of carbonyl (C=O) groups is 1. The van der Waals surface area contributed by atoms with Crippen molar-refractivity contribution in [2.45, 2.75) is 18.9 Å². The van der Waals surface area contributed by atoms with E-state index in [1.807, 2.05) is 35.2 Å². The Kier molecular flexibility index (Phi) is 4.88. The summed E-state index contributed by atoms with van der Waals surface area (Å²) in [6.07, 6.45) is 2.85. The Morgan fingerprint density at radius 3 is 2.52 bits per heavy atom. The van der Waals surface area contributed by atoms with Crippen molar-refractivity contribution in [2.24, 2.45) is 5.92 Å². The highest BCUT2D eigenvalue weighted by Crippen LogP contribution is 2.31. The summed E-state index contributed by atoms with van der Waals surface area (Å²) in [5.74, 6) is 0.159. The van der Waals surface area contributed by atoms with Gasteiger partial charge in [0, 0.05) is 19.3 Å². The van der Waals surface area contributed by atoms with Crippen molar-refractivity contribution in [3.05, 3.63) is 64.4 Å². The van der Waals surface area contributed by atoms with E-state index in [0.29, 0.717) is 23.3 Å². The lowest BCUT2D eigenvalue weighted by atomic mass is 9.87. The molecule has 0 saturated carbocycles. The quantitative estimate of drug-likeness (QED) is 0.850. The summed E-state index contributed by atoms with van der Waals surface area (Å²) in [6.45, 7) is 1.30. The molecule has 1 amide bonds. The molecule has 1 aliphatic heterocycles. The van der Waals surface area contributed by atoms with Crippen molar-refractivity contribution in [2.75, 3.05) is 13.1 Å². The summed E-state index contributed by atoms with van der Waals surface area (Å²) in [7, 11) is 0. The number of hydrogen-bond donors (Lipinski definition) is 2. The van der Waals surface area contributed by atoms with Crippen LogP contribution < -0.4 is 0 Å². The van der Waals surface area contributed by atoms with Crippen LogP contribution in [0, 0.1) is 10.6 Å². The highest BCUT2D eigenvalue weighted by atomic mass is 32.1. The number of carbonyl (C=O) groups excluding carboxylic acids is 1. The number of piperidine rings is 1. The Hall–Kier alpha value is -1.98. The highest BCUT2D eigenvalue weighted by Gasteiger charge is 2.28. The Morgan fingerprint density at radius 1 is 1.17 bits per heavy atom. The van der Waals surface area contributed by atoms with E-state index >= 15 is 0 Å². The van der Waals surface area contributed by atoms with Crippen molar-refractivity contribution in [3.63, 3.8) is 0 Å². The Balaban J connectivity index is 1.64. The van der Waals surface area contributed by atoms with Crippen molar-refractivity contribution in [1.29, 1.82) is 0 Å². The van der Waals surface area contributed by atoms with E-state index in [1.54, 1.807) is 18.3 Å². The molecule has 0 radical (unpaired) electrons. The zero-order chi connectivity index (χ0) is 16.2. The van der Waals surface area contributed by atoms with E-state index in [9.17, 15) is 9.90 Å². The first kappa shape index (κ1) is 15.9. The van der Waals surface area contributed by atoms with Crippen LogP contribution in [0.15, 0.2) is 48.7 Å². The van der Waals surface area contributed by atoms with E-state index in [2.05, 4.69) is 4.98 Å². The molecule has 0 unspecified atom stereocenters. The van der Waals surface area contributed by atoms with Gasteiger partial charge in [-0.25, -0.2) is 0 Å². The predicted octanol–water partition coefficient (Wildman–Crippen LogP) is 3.33. The minimum absolute atomic E-state index is 0.0282. The highest BCUT2D eigenvalue weighted by molar-refractivity contribution is 7.71.